The van der Waals surface area contributed by atoms with Crippen molar-refractivity contribution in [3.8, 4) is 28.7 Å². The van der Waals surface area contributed by atoms with Crippen LogP contribution in [0.2, 0.25) is 0 Å². The molecule has 1 aliphatic rings. The number of fused-ring (bicyclic) bond motifs is 2. The number of hydrogen-bond acceptors (Lipinski definition) is 7. The minimum Gasteiger partial charge on any atom is -0.496 e. The summed E-state index contributed by atoms with van der Waals surface area (Å²) in [4.78, 5) is 36.8. The van der Waals surface area contributed by atoms with Gasteiger partial charge in [0.1, 0.15) is 22.6 Å². The Morgan fingerprint density at radius 1 is 1.10 bits per heavy atom. The number of methoxy groups -OCH3 is 1. The van der Waals surface area contributed by atoms with Crippen LogP contribution in [-0.2, 0) is 0 Å². The number of carbonyl (C=O) groups is 3. The van der Waals surface area contributed by atoms with Crippen LogP contribution in [0.3, 0.4) is 0 Å². The summed E-state index contributed by atoms with van der Waals surface area (Å²) >= 11 is 0. The summed E-state index contributed by atoms with van der Waals surface area (Å²) in [5.41, 5.74) is 0.665. The Hall–Kier alpha value is -3.55. The summed E-state index contributed by atoms with van der Waals surface area (Å²) in [5.74, 6) is -1.91. The highest BCUT2D eigenvalue weighted by Gasteiger charge is 2.34. The molecule has 1 N–H and O–H groups in total. The minimum atomic E-state index is -1.30. The summed E-state index contributed by atoms with van der Waals surface area (Å²) in [5, 5.41) is 9.69. The van der Waals surface area contributed by atoms with E-state index in [-0.39, 0.29) is 45.4 Å². The lowest BCUT2D eigenvalue weighted by molar-refractivity contribution is 0.0685. The lowest BCUT2D eigenvalue weighted by Crippen LogP contribution is -2.12. The normalized spacial score (nSPS) is 12.1. The summed E-state index contributed by atoms with van der Waals surface area (Å²) in [7, 11) is 1.38. The molecule has 0 radical (unpaired) electrons. The van der Waals surface area contributed by atoms with Gasteiger partial charge < -0.3 is 24.1 Å². The fourth-order valence-corrected chi connectivity index (χ4v) is 3.45. The van der Waals surface area contributed by atoms with Crippen LogP contribution < -0.4 is 18.9 Å². The van der Waals surface area contributed by atoms with Crippen molar-refractivity contribution < 1.29 is 38.4 Å². The molecule has 31 heavy (non-hydrogen) atoms. The van der Waals surface area contributed by atoms with Crippen LogP contribution in [0.1, 0.15) is 68.4 Å². The molecule has 0 bridgehead atoms. The fourth-order valence-electron chi connectivity index (χ4n) is 3.45. The molecule has 2 aromatic rings. The summed E-state index contributed by atoms with van der Waals surface area (Å²) in [6.45, 7) is 5.74. The second kappa shape index (κ2) is 9.07. The van der Waals surface area contributed by atoms with Crippen molar-refractivity contribution in [2.24, 2.45) is 0 Å². The van der Waals surface area contributed by atoms with Crippen molar-refractivity contribution in [1.82, 2.24) is 0 Å². The number of ether oxygens (including phenoxy) is 4. The van der Waals surface area contributed by atoms with Gasteiger partial charge in [-0.25, -0.2) is 9.59 Å². The zero-order valence-electron chi connectivity index (χ0n) is 17.9. The Balaban J connectivity index is 2.21. The van der Waals surface area contributed by atoms with E-state index in [9.17, 15) is 19.5 Å². The quantitative estimate of drug-likeness (QED) is 0.279. The first kappa shape index (κ1) is 22.1. The molecule has 0 aromatic heterocycles. The first-order valence-corrected chi connectivity index (χ1v) is 9.94. The van der Waals surface area contributed by atoms with Gasteiger partial charge in [-0.1, -0.05) is 19.8 Å². The third-order valence-electron chi connectivity index (χ3n) is 5.09. The third kappa shape index (κ3) is 4.05. The Bertz CT molecular complexity index is 1050. The molecule has 0 atom stereocenters. The van der Waals surface area contributed by atoms with Crippen LogP contribution in [0.5, 0.6) is 28.7 Å². The van der Waals surface area contributed by atoms with Gasteiger partial charge in [-0.3, -0.25) is 4.79 Å². The highest BCUT2D eigenvalue weighted by molar-refractivity contribution is 6.03. The number of rotatable bonds is 8. The van der Waals surface area contributed by atoms with Crippen molar-refractivity contribution >= 4 is 18.2 Å². The molecule has 0 fully saturated rings. The van der Waals surface area contributed by atoms with Crippen LogP contribution in [0.4, 0.5) is 0 Å². The molecule has 0 spiro atoms. The second-order valence-corrected chi connectivity index (χ2v) is 7.19. The second-order valence-electron chi connectivity index (χ2n) is 7.19. The van der Waals surface area contributed by atoms with E-state index in [0.717, 1.165) is 19.3 Å². The Morgan fingerprint density at radius 2 is 1.84 bits per heavy atom. The van der Waals surface area contributed by atoms with E-state index in [2.05, 4.69) is 6.92 Å². The van der Waals surface area contributed by atoms with Gasteiger partial charge in [-0.05, 0) is 38.0 Å². The smallest absolute Gasteiger partial charge is 0.347 e. The molecule has 1 aliphatic heterocycles. The number of aromatic carboxylic acids is 1. The van der Waals surface area contributed by atoms with Gasteiger partial charge in [0.25, 0.3) is 0 Å². The molecular formula is C23H24O8. The van der Waals surface area contributed by atoms with Crippen molar-refractivity contribution in [3.05, 3.63) is 39.9 Å². The van der Waals surface area contributed by atoms with Gasteiger partial charge in [-0.2, -0.15) is 0 Å². The highest BCUT2D eigenvalue weighted by Crippen LogP contribution is 2.48. The van der Waals surface area contributed by atoms with Crippen LogP contribution in [-0.4, -0.2) is 37.0 Å². The molecular weight excluding hydrogens is 404 g/mol. The molecule has 0 saturated heterocycles. The van der Waals surface area contributed by atoms with Crippen molar-refractivity contribution in [2.45, 2.75) is 40.0 Å². The average Bonchev–Trinajstić information content (AvgIpc) is 2.88. The number of hydrogen-bond donors (Lipinski definition) is 1. The van der Waals surface area contributed by atoms with Gasteiger partial charge in [-0.15, -0.1) is 0 Å². The number of esters is 1. The molecule has 3 rings (SSSR count). The molecule has 0 unspecified atom stereocenters. The molecule has 2 aromatic carbocycles. The fraction of sp³-hybridized carbons (Fsp3) is 0.348. The number of carboxylic acid groups (broad SMARTS) is 1. The van der Waals surface area contributed by atoms with E-state index >= 15 is 0 Å². The zero-order valence-corrected chi connectivity index (χ0v) is 17.9. The first-order valence-electron chi connectivity index (χ1n) is 9.94. The Kier molecular flexibility index (Phi) is 6.48. The maximum atomic E-state index is 13.0. The highest BCUT2D eigenvalue weighted by atomic mass is 16.6. The van der Waals surface area contributed by atoms with Gasteiger partial charge in [0, 0.05) is 5.56 Å². The van der Waals surface area contributed by atoms with Crippen LogP contribution >= 0.6 is 0 Å². The van der Waals surface area contributed by atoms with Crippen molar-refractivity contribution in [3.63, 3.8) is 0 Å². The van der Waals surface area contributed by atoms with E-state index in [0.29, 0.717) is 24.0 Å². The number of aryl methyl sites for hydroxylation is 1. The first-order chi connectivity index (χ1) is 14.8. The summed E-state index contributed by atoms with van der Waals surface area (Å²) < 4.78 is 22.4. The summed E-state index contributed by atoms with van der Waals surface area (Å²) in [6.07, 6.45) is 3.32. The molecule has 0 saturated carbocycles. The number of aldehydes is 1. The van der Waals surface area contributed by atoms with E-state index in [4.69, 9.17) is 18.9 Å². The van der Waals surface area contributed by atoms with Gasteiger partial charge in [0.2, 0.25) is 0 Å². The topological polar surface area (TPSA) is 108 Å². The maximum Gasteiger partial charge on any atom is 0.347 e. The standard InChI is InChI=1S/C23H24O8/c1-5-6-7-8-29-17-9-12(2)18-20(15(17)11-24)30-21-14(22(25)26)10-16(28-4)13(3)19(21)31-23(18)27/h9-11H,5-8H2,1-4H3,(H,25,26). The van der Waals surface area contributed by atoms with E-state index < -0.39 is 11.9 Å². The lowest BCUT2D eigenvalue weighted by Gasteiger charge is -2.17. The molecule has 1 heterocycles. The molecule has 8 nitrogen and oxygen atoms in total. The van der Waals surface area contributed by atoms with Gasteiger partial charge in [0.05, 0.1) is 19.3 Å². The molecule has 0 aliphatic carbocycles. The number of unbranched alkanes of at least 4 members (excludes halogenated alkanes) is 2. The zero-order chi connectivity index (χ0) is 22.7. The van der Waals surface area contributed by atoms with Crippen molar-refractivity contribution in [1.29, 1.82) is 0 Å². The summed E-state index contributed by atoms with van der Waals surface area (Å²) in [6, 6.07) is 2.87. The number of carboxylic acids is 1. The number of benzene rings is 2. The number of carbonyl (C=O) groups excluding carboxylic acids is 2. The third-order valence-corrected chi connectivity index (χ3v) is 5.09. The Labute approximate surface area is 179 Å². The van der Waals surface area contributed by atoms with Crippen LogP contribution in [0.15, 0.2) is 12.1 Å². The molecule has 8 heteroatoms. The van der Waals surface area contributed by atoms with E-state index in [1.807, 2.05) is 0 Å². The SMILES string of the molecule is CCCCCOc1cc(C)c2c(c1C=O)Oc1c(C(=O)O)cc(OC)c(C)c1OC2=O. The van der Waals surface area contributed by atoms with E-state index in [1.165, 1.54) is 13.2 Å². The van der Waals surface area contributed by atoms with Gasteiger partial charge >= 0.3 is 11.9 Å². The van der Waals surface area contributed by atoms with E-state index in [1.54, 1.807) is 19.9 Å². The minimum absolute atomic E-state index is 0.0201. The molecule has 164 valence electrons. The van der Waals surface area contributed by atoms with Crippen LogP contribution in [0.25, 0.3) is 0 Å². The molecule has 0 amide bonds. The van der Waals surface area contributed by atoms with Gasteiger partial charge in [0.15, 0.2) is 23.5 Å². The Morgan fingerprint density at radius 3 is 2.45 bits per heavy atom. The average molecular weight is 428 g/mol. The maximum absolute atomic E-state index is 13.0. The predicted octanol–water partition coefficient (Wildman–Crippen LogP) is 4.72. The lowest BCUT2D eigenvalue weighted by atomic mass is 10.0. The van der Waals surface area contributed by atoms with Crippen molar-refractivity contribution in [2.75, 3.05) is 13.7 Å². The predicted molar refractivity (Wildman–Crippen MR) is 111 cm³/mol. The monoisotopic (exact) mass is 428 g/mol. The largest absolute Gasteiger partial charge is 0.496 e. The van der Waals surface area contributed by atoms with Crippen LogP contribution in [0, 0.1) is 13.8 Å².